The van der Waals surface area contributed by atoms with Crippen LogP contribution in [0.25, 0.3) is 0 Å². The van der Waals surface area contributed by atoms with Gasteiger partial charge in [0.05, 0.1) is 20.1 Å². The Hall–Kier alpha value is -1.36. The van der Waals surface area contributed by atoms with Crippen molar-refractivity contribution in [1.29, 1.82) is 0 Å². The van der Waals surface area contributed by atoms with Gasteiger partial charge >= 0.3 is 0 Å². The van der Waals surface area contributed by atoms with Crippen molar-refractivity contribution in [1.82, 2.24) is 5.16 Å². The van der Waals surface area contributed by atoms with Gasteiger partial charge in [-0.05, 0) is 0 Å². The van der Waals surface area contributed by atoms with E-state index in [2.05, 4.69) is 29.0 Å². The van der Waals surface area contributed by atoms with Gasteiger partial charge in [0.2, 0.25) is 0 Å². The number of aromatic nitrogens is 1. The van der Waals surface area contributed by atoms with Gasteiger partial charge in [0.1, 0.15) is 6.26 Å². The zero-order chi connectivity index (χ0) is 11.6. The van der Waals surface area contributed by atoms with E-state index in [0.717, 1.165) is 17.6 Å². The van der Waals surface area contributed by atoms with Crippen molar-refractivity contribution >= 4 is 11.7 Å². The van der Waals surface area contributed by atoms with Crippen LogP contribution in [0.1, 0.15) is 13.3 Å². The fraction of sp³-hybridized carbons (Fsp3) is 0.636. The molecule has 2 unspecified atom stereocenters. The monoisotopic (exact) mass is 224 g/mol. The summed E-state index contributed by atoms with van der Waals surface area (Å²) in [6, 6.07) is 1.64. The van der Waals surface area contributed by atoms with E-state index in [9.17, 15) is 4.79 Å². The van der Waals surface area contributed by atoms with Gasteiger partial charge in [-0.25, -0.2) is 0 Å². The minimum absolute atomic E-state index is 0.00509. The summed E-state index contributed by atoms with van der Waals surface area (Å²) in [6.45, 7) is 4.90. The predicted octanol–water partition coefficient (Wildman–Crippen LogP) is 1.10. The number of carbonyl (C=O) groups is 1. The summed E-state index contributed by atoms with van der Waals surface area (Å²) >= 11 is 0. The maximum atomic E-state index is 11.8. The van der Waals surface area contributed by atoms with Gasteiger partial charge in [-0.15, -0.1) is 0 Å². The maximum absolute atomic E-state index is 11.8. The zero-order valence-electron chi connectivity index (χ0n) is 9.77. The van der Waals surface area contributed by atoms with Crippen LogP contribution < -0.4 is 5.32 Å². The molecule has 1 N–H and O–H groups in total. The van der Waals surface area contributed by atoms with Crippen LogP contribution in [0.4, 0.5) is 5.82 Å². The number of likely N-dealkylation sites (N-methyl/N-ethyl adjacent to an activating group) is 1. The molecular weight excluding hydrogens is 206 g/mol. The number of carbonyl (C=O) groups excluding carboxylic acids is 1. The standard InChI is InChI=1S/C11H17N3O2/c1-9-3-5-14(2,7-9)8-11(15)12-10-4-6-16-13-10/h4,6,9H,3,5,7-8H2,1-2H3/p+1. The Balaban J connectivity index is 1.88. The summed E-state index contributed by atoms with van der Waals surface area (Å²) < 4.78 is 5.48. The van der Waals surface area contributed by atoms with Crippen molar-refractivity contribution in [2.45, 2.75) is 13.3 Å². The molecular formula is C11H18N3O2+. The van der Waals surface area contributed by atoms with Crippen LogP contribution in [-0.4, -0.2) is 42.2 Å². The molecule has 0 aromatic carbocycles. The second-order valence-corrected chi connectivity index (χ2v) is 5.01. The highest BCUT2D eigenvalue weighted by Crippen LogP contribution is 2.21. The van der Waals surface area contributed by atoms with Crippen LogP contribution in [-0.2, 0) is 4.79 Å². The van der Waals surface area contributed by atoms with E-state index in [4.69, 9.17) is 0 Å². The molecule has 5 nitrogen and oxygen atoms in total. The fourth-order valence-electron chi connectivity index (χ4n) is 2.42. The number of likely N-dealkylation sites (tertiary alicyclic amines) is 1. The first-order valence-electron chi connectivity index (χ1n) is 5.61. The molecule has 0 saturated carbocycles. The molecule has 0 bridgehead atoms. The first kappa shape index (κ1) is 11.1. The zero-order valence-corrected chi connectivity index (χ0v) is 9.77. The molecule has 0 spiro atoms. The van der Waals surface area contributed by atoms with E-state index in [1.807, 2.05) is 0 Å². The van der Waals surface area contributed by atoms with Crippen molar-refractivity contribution in [2.24, 2.45) is 5.92 Å². The lowest BCUT2D eigenvalue weighted by Crippen LogP contribution is -2.47. The van der Waals surface area contributed by atoms with Gasteiger partial charge in [-0.2, -0.15) is 0 Å². The van der Waals surface area contributed by atoms with E-state index in [0.29, 0.717) is 18.3 Å². The predicted molar refractivity (Wildman–Crippen MR) is 59.7 cm³/mol. The Morgan fingerprint density at radius 1 is 1.75 bits per heavy atom. The minimum atomic E-state index is 0.00509. The molecule has 2 atom stereocenters. The number of rotatable bonds is 3. The molecule has 5 heteroatoms. The summed E-state index contributed by atoms with van der Waals surface area (Å²) in [5.74, 6) is 1.21. The van der Waals surface area contributed by atoms with Gasteiger partial charge in [-0.3, -0.25) is 4.79 Å². The Morgan fingerprint density at radius 3 is 3.12 bits per heavy atom. The Labute approximate surface area is 95.0 Å². The van der Waals surface area contributed by atoms with Crippen LogP contribution in [0.5, 0.6) is 0 Å². The van der Waals surface area contributed by atoms with Gasteiger partial charge in [0.15, 0.2) is 12.4 Å². The molecule has 1 aromatic heterocycles. The molecule has 1 aromatic rings. The lowest BCUT2D eigenvalue weighted by atomic mass is 10.2. The number of quaternary nitrogens is 1. The molecule has 88 valence electrons. The molecule has 2 rings (SSSR count). The van der Waals surface area contributed by atoms with E-state index < -0.39 is 0 Å². The van der Waals surface area contributed by atoms with E-state index in [1.54, 1.807) is 6.07 Å². The molecule has 1 aliphatic heterocycles. The van der Waals surface area contributed by atoms with E-state index >= 15 is 0 Å². The van der Waals surface area contributed by atoms with Crippen LogP contribution >= 0.6 is 0 Å². The van der Waals surface area contributed by atoms with Crippen LogP contribution in [0.15, 0.2) is 16.9 Å². The van der Waals surface area contributed by atoms with Crippen molar-refractivity contribution in [3.05, 3.63) is 12.3 Å². The van der Waals surface area contributed by atoms with Crippen molar-refractivity contribution in [3.63, 3.8) is 0 Å². The van der Waals surface area contributed by atoms with E-state index in [1.165, 1.54) is 12.7 Å². The SMILES string of the molecule is CC1CC[N+](C)(CC(=O)Nc2ccon2)C1. The summed E-state index contributed by atoms with van der Waals surface area (Å²) in [4.78, 5) is 11.8. The highest BCUT2D eigenvalue weighted by molar-refractivity contribution is 5.90. The molecule has 0 aliphatic carbocycles. The first-order chi connectivity index (χ1) is 7.57. The Bertz CT molecular complexity index is 363. The molecule has 1 amide bonds. The van der Waals surface area contributed by atoms with Crippen molar-refractivity contribution in [3.8, 4) is 0 Å². The number of anilines is 1. The van der Waals surface area contributed by atoms with Crippen molar-refractivity contribution < 1.29 is 13.8 Å². The number of amides is 1. The molecule has 2 heterocycles. The largest absolute Gasteiger partial charge is 0.363 e. The second kappa shape index (κ2) is 4.25. The Kier molecular flexibility index (Phi) is 2.96. The summed E-state index contributed by atoms with van der Waals surface area (Å²) in [5, 5.41) is 6.38. The number of nitrogens with one attached hydrogen (secondary N) is 1. The third-order valence-electron chi connectivity index (χ3n) is 3.14. The lowest BCUT2D eigenvalue weighted by Gasteiger charge is -2.28. The topological polar surface area (TPSA) is 55.1 Å². The van der Waals surface area contributed by atoms with Gasteiger partial charge in [0.25, 0.3) is 5.91 Å². The van der Waals surface area contributed by atoms with E-state index in [-0.39, 0.29) is 5.91 Å². The lowest BCUT2D eigenvalue weighted by molar-refractivity contribution is -0.891. The van der Waals surface area contributed by atoms with Gasteiger partial charge in [0, 0.05) is 18.4 Å². The second-order valence-electron chi connectivity index (χ2n) is 5.01. The van der Waals surface area contributed by atoms with Crippen LogP contribution in [0.2, 0.25) is 0 Å². The minimum Gasteiger partial charge on any atom is -0.363 e. The van der Waals surface area contributed by atoms with Gasteiger partial charge in [-0.1, -0.05) is 12.1 Å². The highest BCUT2D eigenvalue weighted by atomic mass is 16.5. The third kappa shape index (κ3) is 2.61. The summed E-state index contributed by atoms with van der Waals surface area (Å²) in [7, 11) is 2.13. The number of hydrogen-bond acceptors (Lipinski definition) is 3. The average Bonchev–Trinajstić information content (AvgIpc) is 2.76. The molecule has 16 heavy (non-hydrogen) atoms. The highest BCUT2D eigenvalue weighted by Gasteiger charge is 2.33. The molecule has 1 saturated heterocycles. The number of hydrogen-bond donors (Lipinski definition) is 1. The van der Waals surface area contributed by atoms with Crippen molar-refractivity contribution in [2.75, 3.05) is 32.0 Å². The maximum Gasteiger partial charge on any atom is 0.280 e. The first-order valence-corrected chi connectivity index (χ1v) is 5.61. The molecule has 0 radical (unpaired) electrons. The summed E-state index contributed by atoms with van der Waals surface area (Å²) in [6.07, 6.45) is 2.65. The molecule has 1 aliphatic rings. The van der Waals surface area contributed by atoms with Gasteiger partial charge < -0.3 is 14.3 Å². The normalized spacial score (nSPS) is 29.2. The Morgan fingerprint density at radius 2 is 2.56 bits per heavy atom. The quantitative estimate of drug-likeness (QED) is 0.782. The fourth-order valence-corrected chi connectivity index (χ4v) is 2.42. The van der Waals surface area contributed by atoms with Crippen LogP contribution in [0, 0.1) is 5.92 Å². The smallest absolute Gasteiger partial charge is 0.280 e. The molecule has 1 fully saturated rings. The third-order valence-corrected chi connectivity index (χ3v) is 3.14. The average molecular weight is 224 g/mol. The summed E-state index contributed by atoms with van der Waals surface area (Å²) in [5.41, 5.74) is 0. The number of nitrogens with zero attached hydrogens (tertiary/aromatic N) is 2. The van der Waals surface area contributed by atoms with Crippen LogP contribution in [0.3, 0.4) is 0 Å².